The number of ether oxygens (including phenoxy) is 1. The zero-order valence-electron chi connectivity index (χ0n) is 11.0. The largest absolute Gasteiger partial charge is 0.493 e. The molecule has 1 heterocycles. The van der Waals surface area contributed by atoms with Gasteiger partial charge in [0.25, 0.3) is 0 Å². The average Bonchev–Trinajstić information content (AvgIpc) is 2.45. The Balaban J connectivity index is 1.90. The molecular weight excluding hydrogens is 274 g/mol. The fourth-order valence-electron chi connectivity index (χ4n) is 1.85. The SMILES string of the molecule is N=C(N)c1cc(Cl)ccc1OCCCc1ccncc1. The van der Waals surface area contributed by atoms with Crippen LogP contribution in [0.5, 0.6) is 5.75 Å². The molecule has 4 nitrogen and oxygen atoms in total. The highest BCUT2D eigenvalue weighted by molar-refractivity contribution is 6.31. The summed E-state index contributed by atoms with van der Waals surface area (Å²) in [7, 11) is 0. The van der Waals surface area contributed by atoms with Crippen molar-refractivity contribution in [3.63, 3.8) is 0 Å². The van der Waals surface area contributed by atoms with E-state index in [0.29, 0.717) is 22.9 Å². The van der Waals surface area contributed by atoms with Gasteiger partial charge in [-0.25, -0.2) is 0 Å². The Morgan fingerprint density at radius 3 is 2.70 bits per heavy atom. The Morgan fingerprint density at radius 2 is 2.00 bits per heavy atom. The minimum absolute atomic E-state index is 0.0448. The Bertz CT molecular complexity index is 587. The zero-order chi connectivity index (χ0) is 14.4. The van der Waals surface area contributed by atoms with Gasteiger partial charge in [0.2, 0.25) is 0 Å². The fraction of sp³-hybridized carbons (Fsp3) is 0.200. The quantitative estimate of drug-likeness (QED) is 0.488. The molecule has 0 atom stereocenters. The summed E-state index contributed by atoms with van der Waals surface area (Å²) in [6.07, 6.45) is 5.36. The van der Waals surface area contributed by atoms with Gasteiger partial charge in [-0.2, -0.15) is 0 Å². The summed E-state index contributed by atoms with van der Waals surface area (Å²) in [6.45, 7) is 0.560. The normalized spacial score (nSPS) is 10.2. The van der Waals surface area contributed by atoms with Crippen molar-refractivity contribution < 1.29 is 4.74 Å². The number of pyridine rings is 1. The number of hydrogen-bond donors (Lipinski definition) is 2. The van der Waals surface area contributed by atoms with Crippen LogP contribution in [0.4, 0.5) is 0 Å². The number of nitrogens with one attached hydrogen (secondary N) is 1. The molecule has 0 fully saturated rings. The van der Waals surface area contributed by atoms with E-state index in [-0.39, 0.29) is 5.84 Å². The lowest BCUT2D eigenvalue weighted by Crippen LogP contribution is -2.13. The first-order valence-corrected chi connectivity index (χ1v) is 6.70. The summed E-state index contributed by atoms with van der Waals surface area (Å²) in [5.74, 6) is 0.549. The van der Waals surface area contributed by atoms with E-state index in [2.05, 4.69) is 4.98 Å². The number of aromatic nitrogens is 1. The molecular formula is C15H16ClN3O. The molecule has 0 unspecified atom stereocenters. The highest BCUT2D eigenvalue weighted by atomic mass is 35.5. The third-order valence-corrected chi connectivity index (χ3v) is 3.08. The van der Waals surface area contributed by atoms with Gasteiger partial charge in [-0.15, -0.1) is 0 Å². The number of hydrogen-bond acceptors (Lipinski definition) is 3. The average molecular weight is 290 g/mol. The van der Waals surface area contributed by atoms with E-state index in [1.807, 2.05) is 12.1 Å². The molecule has 1 aromatic carbocycles. The standard InChI is InChI=1S/C15H16ClN3O/c16-12-3-4-14(13(10-12)15(17)18)20-9-1-2-11-5-7-19-8-6-11/h3-8,10H,1-2,9H2,(H3,17,18). The van der Waals surface area contributed by atoms with Crippen LogP contribution in [0, 0.1) is 5.41 Å². The van der Waals surface area contributed by atoms with Crippen LogP contribution in [0.15, 0.2) is 42.7 Å². The number of nitrogen functional groups attached to an aromatic ring is 1. The maximum Gasteiger partial charge on any atom is 0.130 e. The summed E-state index contributed by atoms with van der Waals surface area (Å²) in [6, 6.07) is 9.09. The molecule has 3 N–H and O–H groups in total. The van der Waals surface area contributed by atoms with Crippen molar-refractivity contribution in [2.75, 3.05) is 6.61 Å². The lowest BCUT2D eigenvalue weighted by atomic mass is 10.1. The second kappa shape index (κ2) is 6.91. The van der Waals surface area contributed by atoms with Crippen LogP contribution in [0.1, 0.15) is 17.5 Å². The Kier molecular flexibility index (Phi) is 4.96. The molecule has 0 radical (unpaired) electrons. The number of benzene rings is 1. The van der Waals surface area contributed by atoms with E-state index in [1.165, 1.54) is 5.56 Å². The van der Waals surface area contributed by atoms with E-state index >= 15 is 0 Å². The monoisotopic (exact) mass is 289 g/mol. The molecule has 0 spiro atoms. The number of halogens is 1. The third kappa shape index (κ3) is 3.96. The number of rotatable bonds is 6. The summed E-state index contributed by atoms with van der Waals surface area (Å²) >= 11 is 5.89. The minimum Gasteiger partial charge on any atom is -0.493 e. The molecule has 0 aliphatic carbocycles. The van der Waals surface area contributed by atoms with Gasteiger partial charge in [0.15, 0.2) is 0 Å². The molecule has 0 saturated heterocycles. The molecule has 0 saturated carbocycles. The summed E-state index contributed by atoms with van der Waals surface area (Å²) in [5.41, 5.74) is 7.27. The predicted octanol–water partition coefficient (Wildman–Crippen LogP) is 3.03. The highest BCUT2D eigenvalue weighted by Crippen LogP contribution is 2.22. The van der Waals surface area contributed by atoms with Crippen LogP contribution in [0.25, 0.3) is 0 Å². The molecule has 0 bridgehead atoms. The van der Waals surface area contributed by atoms with Gasteiger partial charge < -0.3 is 10.5 Å². The van der Waals surface area contributed by atoms with E-state index in [9.17, 15) is 0 Å². The van der Waals surface area contributed by atoms with Gasteiger partial charge >= 0.3 is 0 Å². The predicted molar refractivity (Wildman–Crippen MR) is 80.5 cm³/mol. The molecule has 2 rings (SSSR count). The second-order valence-electron chi connectivity index (χ2n) is 4.36. The highest BCUT2D eigenvalue weighted by Gasteiger charge is 2.07. The van der Waals surface area contributed by atoms with E-state index in [1.54, 1.807) is 30.6 Å². The summed E-state index contributed by atoms with van der Waals surface area (Å²) in [4.78, 5) is 3.98. The maximum absolute atomic E-state index is 7.52. The second-order valence-corrected chi connectivity index (χ2v) is 4.80. The molecule has 0 aliphatic rings. The number of aryl methyl sites for hydroxylation is 1. The van der Waals surface area contributed by atoms with Crippen LogP contribution in [-0.2, 0) is 6.42 Å². The molecule has 1 aromatic heterocycles. The number of amidine groups is 1. The van der Waals surface area contributed by atoms with Crippen molar-refractivity contribution in [3.8, 4) is 5.75 Å². The van der Waals surface area contributed by atoms with Gasteiger partial charge in [0.05, 0.1) is 12.2 Å². The van der Waals surface area contributed by atoms with Crippen LogP contribution >= 0.6 is 11.6 Å². The first kappa shape index (κ1) is 14.3. The van der Waals surface area contributed by atoms with E-state index in [0.717, 1.165) is 12.8 Å². The van der Waals surface area contributed by atoms with Crippen LogP contribution in [0.2, 0.25) is 5.02 Å². The molecule has 0 aliphatic heterocycles. The number of nitrogens with zero attached hydrogens (tertiary/aromatic N) is 1. The van der Waals surface area contributed by atoms with Gasteiger partial charge in [-0.1, -0.05) is 11.6 Å². The lowest BCUT2D eigenvalue weighted by Gasteiger charge is -2.11. The summed E-state index contributed by atoms with van der Waals surface area (Å²) in [5, 5.41) is 8.06. The lowest BCUT2D eigenvalue weighted by molar-refractivity contribution is 0.310. The van der Waals surface area contributed by atoms with Crippen molar-refractivity contribution >= 4 is 17.4 Å². The van der Waals surface area contributed by atoms with Gasteiger partial charge in [0, 0.05) is 17.4 Å². The minimum atomic E-state index is -0.0448. The smallest absolute Gasteiger partial charge is 0.130 e. The van der Waals surface area contributed by atoms with E-state index < -0.39 is 0 Å². The number of nitrogens with two attached hydrogens (primary N) is 1. The molecule has 2 aromatic rings. The van der Waals surface area contributed by atoms with Crippen LogP contribution in [0.3, 0.4) is 0 Å². The van der Waals surface area contributed by atoms with Crippen molar-refractivity contribution in [2.24, 2.45) is 5.73 Å². The van der Waals surface area contributed by atoms with Crippen molar-refractivity contribution in [1.29, 1.82) is 5.41 Å². The van der Waals surface area contributed by atoms with E-state index in [4.69, 9.17) is 27.5 Å². The van der Waals surface area contributed by atoms with Crippen LogP contribution in [-0.4, -0.2) is 17.4 Å². The molecule has 0 amide bonds. The fourth-order valence-corrected chi connectivity index (χ4v) is 2.02. The van der Waals surface area contributed by atoms with Crippen molar-refractivity contribution in [1.82, 2.24) is 4.98 Å². The Morgan fingerprint density at radius 1 is 1.25 bits per heavy atom. The first-order chi connectivity index (χ1) is 9.66. The van der Waals surface area contributed by atoms with Crippen LogP contribution < -0.4 is 10.5 Å². The summed E-state index contributed by atoms with van der Waals surface area (Å²) < 4.78 is 5.68. The first-order valence-electron chi connectivity index (χ1n) is 6.32. The maximum atomic E-state index is 7.52. The van der Waals surface area contributed by atoms with Crippen molar-refractivity contribution in [3.05, 3.63) is 58.9 Å². The van der Waals surface area contributed by atoms with Gasteiger partial charge in [-0.3, -0.25) is 10.4 Å². The topological polar surface area (TPSA) is 72.0 Å². The Hall–Kier alpha value is -2.07. The van der Waals surface area contributed by atoms with Gasteiger partial charge in [-0.05, 0) is 48.7 Å². The Labute approximate surface area is 123 Å². The van der Waals surface area contributed by atoms with Gasteiger partial charge in [0.1, 0.15) is 11.6 Å². The third-order valence-electron chi connectivity index (χ3n) is 2.85. The zero-order valence-corrected chi connectivity index (χ0v) is 11.7. The molecule has 104 valence electrons. The molecule has 20 heavy (non-hydrogen) atoms. The van der Waals surface area contributed by atoms with Crippen molar-refractivity contribution in [2.45, 2.75) is 12.8 Å². The molecule has 5 heteroatoms.